The van der Waals surface area contributed by atoms with Crippen molar-refractivity contribution in [2.75, 3.05) is 63.2 Å². The lowest BCUT2D eigenvalue weighted by Gasteiger charge is -2.37. The predicted molar refractivity (Wildman–Crippen MR) is 166 cm³/mol. The van der Waals surface area contributed by atoms with Crippen molar-refractivity contribution in [3.05, 3.63) is 53.4 Å². The van der Waals surface area contributed by atoms with Crippen LogP contribution in [0, 0.1) is 6.92 Å². The van der Waals surface area contributed by atoms with E-state index in [-0.39, 0.29) is 0 Å². The van der Waals surface area contributed by atoms with E-state index < -0.39 is 7.14 Å². The van der Waals surface area contributed by atoms with Crippen molar-refractivity contribution in [3.63, 3.8) is 0 Å². The van der Waals surface area contributed by atoms with Crippen LogP contribution in [0.2, 0.25) is 0 Å². The summed E-state index contributed by atoms with van der Waals surface area (Å²) in [7, 11) is 3.54. The Bertz CT molecular complexity index is 1520. The second kappa shape index (κ2) is 11.2. The Hall–Kier alpha value is -3.13. The number of ether oxygens (including phenoxy) is 1. The average molecular weight is 565 g/mol. The molecule has 0 aliphatic carbocycles. The first-order valence-corrected chi connectivity index (χ1v) is 16.7. The molecule has 1 aliphatic rings. The van der Waals surface area contributed by atoms with Crippen molar-refractivity contribution < 1.29 is 9.30 Å². The van der Waals surface area contributed by atoms with Crippen LogP contribution >= 0.6 is 18.5 Å². The number of thiophene rings is 1. The Morgan fingerprint density at radius 3 is 2.51 bits per heavy atom. The second-order valence-electron chi connectivity index (χ2n) is 10.7. The third-order valence-electron chi connectivity index (χ3n) is 7.33. The zero-order chi connectivity index (χ0) is 27.7. The molecule has 0 radical (unpaired) electrons. The SMILES string of the molecule is COc1cc(Nc2nc(Nc3ccccc3P(C)(C)=O)c3c(C)csc3n2)ccc1N1CCC(N(C)C)CC1. The topological polar surface area (TPSA) is 82.6 Å². The standard InChI is InChI=1S/C29H37N6O2PS/c1-19-18-39-28-26(19)27(31-22-9-7-8-10-25(22)38(5,6)36)32-29(33-28)30-20-11-12-23(24(17-20)37-4)35-15-13-21(14-16-35)34(2)3/h7-12,17-18,21H,13-16H2,1-6H3,(H2,30,31,32,33). The molecule has 0 amide bonds. The van der Waals surface area contributed by atoms with Crippen molar-refractivity contribution in [1.82, 2.24) is 14.9 Å². The maximum Gasteiger partial charge on any atom is 0.230 e. The highest BCUT2D eigenvalue weighted by Gasteiger charge is 2.23. The molecule has 10 heteroatoms. The predicted octanol–water partition coefficient (Wildman–Crippen LogP) is 6.27. The molecule has 1 saturated heterocycles. The number of aromatic nitrogens is 2. The van der Waals surface area contributed by atoms with Gasteiger partial charge in [-0.25, -0.2) is 4.98 Å². The first-order valence-electron chi connectivity index (χ1n) is 13.2. The summed E-state index contributed by atoms with van der Waals surface area (Å²) in [5.41, 5.74) is 3.85. The number of fused-ring (bicyclic) bond motifs is 1. The second-order valence-corrected chi connectivity index (χ2v) is 14.7. The highest BCUT2D eigenvalue weighted by molar-refractivity contribution is 7.70. The van der Waals surface area contributed by atoms with Gasteiger partial charge in [-0.2, -0.15) is 4.98 Å². The van der Waals surface area contributed by atoms with Gasteiger partial charge >= 0.3 is 0 Å². The molecule has 3 heterocycles. The van der Waals surface area contributed by atoms with E-state index in [0.717, 1.165) is 69.8 Å². The van der Waals surface area contributed by atoms with Gasteiger partial charge in [0.25, 0.3) is 0 Å². The fraction of sp³-hybridized carbons (Fsp3) is 0.379. The van der Waals surface area contributed by atoms with Gasteiger partial charge in [0.2, 0.25) is 5.95 Å². The molecule has 2 N–H and O–H groups in total. The number of nitrogens with zero attached hydrogens (tertiary/aromatic N) is 4. The van der Waals surface area contributed by atoms with Gasteiger partial charge in [0.1, 0.15) is 23.5 Å². The highest BCUT2D eigenvalue weighted by Crippen LogP contribution is 2.40. The van der Waals surface area contributed by atoms with E-state index in [1.54, 1.807) is 31.8 Å². The smallest absolute Gasteiger partial charge is 0.230 e. The summed E-state index contributed by atoms with van der Waals surface area (Å²) in [6.07, 6.45) is 2.27. The van der Waals surface area contributed by atoms with E-state index >= 15 is 0 Å². The molecule has 0 atom stereocenters. The molecule has 0 spiro atoms. The third kappa shape index (κ3) is 5.91. The minimum atomic E-state index is -2.49. The van der Waals surface area contributed by atoms with E-state index in [2.05, 4.69) is 59.0 Å². The molecule has 2 aromatic heterocycles. The Morgan fingerprint density at radius 2 is 1.82 bits per heavy atom. The summed E-state index contributed by atoms with van der Waals surface area (Å²) >= 11 is 1.58. The lowest BCUT2D eigenvalue weighted by atomic mass is 10.0. The lowest BCUT2D eigenvalue weighted by molar-refractivity contribution is 0.249. The molecule has 1 aliphatic heterocycles. The minimum Gasteiger partial charge on any atom is -0.495 e. The van der Waals surface area contributed by atoms with Crippen LogP contribution in [0.5, 0.6) is 5.75 Å². The number of aryl methyl sites for hydroxylation is 1. The number of hydrogen-bond donors (Lipinski definition) is 2. The molecule has 8 nitrogen and oxygen atoms in total. The van der Waals surface area contributed by atoms with Gasteiger partial charge in [0, 0.05) is 36.2 Å². The molecule has 0 unspecified atom stereocenters. The van der Waals surface area contributed by atoms with Gasteiger partial charge in [-0.3, -0.25) is 0 Å². The van der Waals surface area contributed by atoms with Crippen LogP contribution in [0.1, 0.15) is 18.4 Å². The van der Waals surface area contributed by atoms with Gasteiger partial charge in [0.15, 0.2) is 0 Å². The van der Waals surface area contributed by atoms with E-state index in [4.69, 9.17) is 14.7 Å². The number of methoxy groups -OCH3 is 1. The number of nitrogens with one attached hydrogen (secondary N) is 2. The minimum absolute atomic E-state index is 0.488. The normalized spacial score (nSPS) is 14.7. The number of rotatable bonds is 8. The lowest BCUT2D eigenvalue weighted by Crippen LogP contribution is -2.42. The number of piperidine rings is 1. The van der Waals surface area contributed by atoms with Gasteiger partial charge in [-0.1, -0.05) is 12.1 Å². The largest absolute Gasteiger partial charge is 0.495 e. The molecule has 1 fully saturated rings. The molecule has 206 valence electrons. The Balaban J connectivity index is 1.44. The van der Waals surface area contributed by atoms with Gasteiger partial charge < -0.3 is 29.7 Å². The summed E-state index contributed by atoms with van der Waals surface area (Å²) < 4.78 is 18.8. The first kappa shape index (κ1) is 27.4. The number of anilines is 5. The van der Waals surface area contributed by atoms with Crippen molar-refractivity contribution in [1.29, 1.82) is 0 Å². The first-order chi connectivity index (χ1) is 18.6. The highest BCUT2D eigenvalue weighted by atomic mass is 32.1. The Morgan fingerprint density at radius 1 is 1.08 bits per heavy atom. The van der Waals surface area contributed by atoms with Crippen LogP contribution in [0.3, 0.4) is 0 Å². The zero-order valence-electron chi connectivity index (χ0n) is 23.5. The third-order valence-corrected chi connectivity index (χ3v) is 9.87. The fourth-order valence-electron chi connectivity index (χ4n) is 5.18. The van der Waals surface area contributed by atoms with Crippen LogP contribution in [0.15, 0.2) is 47.8 Å². The van der Waals surface area contributed by atoms with Gasteiger partial charge in [0.05, 0.1) is 23.9 Å². The van der Waals surface area contributed by atoms with Gasteiger partial charge in [-0.05, 0) is 82.4 Å². The van der Waals surface area contributed by atoms with Crippen molar-refractivity contribution in [3.8, 4) is 5.75 Å². The fourth-order valence-corrected chi connectivity index (χ4v) is 7.25. The number of hydrogen-bond acceptors (Lipinski definition) is 9. The molecule has 2 aromatic carbocycles. The van der Waals surface area contributed by atoms with Crippen molar-refractivity contribution in [2.45, 2.75) is 25.8 Å². The summed E-state index contributed by atoms with van der Waals surface area (Å²) in [5.74, 6) is 2.00. The van der Waals surface area contributed by atoms with Crippen LogP contribution in [0.25, 0.3) is 10.2 Å². The number of benzene rings is 2. The van der Waals surface area contributed by atoms with E-state index in [9.17, 15) is 4.57 Å². The summed E-state index contributed by atoms with van der Waals surface area (Å²) in [5, 5.41) is 10.7. The van der Waals surface area contributed by atoms with Crippen LogP contribution in [-0.2, 0) is 4.57 Å². The van der Waals surface area contributed by atoms with E-state index in [0.29, 0.717) is 17.8 Å². The Kier molecular flexibility index (Phi) is 7.85. The molecular formula is C29H37N6O2PS. The maximum absolute atomic E-state index is 13.0. The summed E-state index contributed by atoms with van der Waals surface area (Å²) in [6.45, 7) is 7.63. The Labute approximate surface area is 234 Å². The van der Waals surface area contributed by atoms with Crippen molar-refractivity contribution in [2.24, 2.45) is 0 Å². The average Bonchev–Trinajstić information content (AvgIpc) is 3.29. The van der Waals surface area contributed by atoms with Crippen LogP contribution in [0.4, 0.5) is 28.8 Å². The summed E-state index contributed by atoms with van der Waals surface area (Å²) in [6, 6.07) is 14.5. The van der Waals surface area contributed by atoms with Crippen molar-refractivity contribution >= 4 is 62.8 Å². The molecule has 39 heavy (non-hydrogen) atoms. The van der Waals surface area contributed by atoms with E-state index in [1.165, 1.54) is 0 Å². The zero-order valence-corrected chi connectivity index (χ0v) is 25.2. The van der Waals surface area contributed by atoms with Crippen LogP contribution in [-0.4, -0.2) is 68.5 Å². The molecule has 5 rings (SSSR count). The molecule has 0 saturated carbocycles. The maximum atomic E-state index is 13.0. The molecule has 0 bridgehead atoms. The monoisotopic (exact) mass is 564 g/mol. The van der Waals surface area contributed by atoms with E-state index in [1.807, 2.05) is 30.3 Å². The quantitative estimate of drug-likeness (QED) is 0.242. The van der Waals surface area contributed by atoms with Crippen LogP contribution < -0.4 is 25.6 Å². The summed E-state index contributed by atoms with van der Waals surface area (Å²) in [4.78, 5) is 15.3. The number of para-hydroxylation sites is 1. The van der Waals surface area contributed by atoms with Gasteiger partial charge in [-0.15, -0.1) is 11.3 Å². The molecule has 4 aromatic rings. The molecular weight excluding hydrogens is 527 g/mol.